The van der Waals surface area contributed by atoms with Gasteiger partial charge in [-0.05, 0) is 26.2 Å². The van der Waals surface area contributed by atoms with Crippen LogP contribution in [0.15, 0.2) is 22.8 Å². The molecule has 0 saturated carbocycles. The number of rotatable bonds is 2. The van der Waals surface area contributed by atoms with Gasteiger partial charge in [0.1, 0.15) is 7.13 Å². The van der Waals surface area contributed by atoms with Gasteiger partial charge in [0.15, 0.2) is 0 Å². The highest BCUT2D eigenvalue weighted by Gasteiger charge is 1.94. The third kappa shape index (κ3) is 1.90. The van der Waals surface area contributed by atoms with Crippen LogP contribution in [0.3, 0.4) is 0 Å². The molecule has 0 amide bonds. The first-order chi connectivity index (χ1) is 4.68. The fourth-order valence-electron chi connectivity index (χ4n) is 0.667. The molecule has 1 aromatic heterocycles. The van der Waals surface area contributed by atoms with Crippen LogP contribution in [0.25, 0.3) is 0 Å². The Morgan fingerprint density at radius 1 is 1.78 bits per heavy atom. The number of nitrogens with zero attached hydrogens (tertiary/aromatic N) is 1. The minimum atomic E-state index is 0.233. The van der Waals surface area contributed by atoms with Crippen molar-refractivity contribution in [3.8, 4) is 0 Å². The molecule has 0 radical (unpaired) electrons. The van der Waals surface area contributed by atoms with Gasteiger partial charge < -0.3 is 9.32 Å². The van der Waals surface area contributed by atoms with Crippen LogP contribution in [0.5, 0.6) is 0 Å². The summed E-state index contributed by atoms with van der Waals surface area (Å²) in [6.45, 7) is 0.763. The van der Waals surface area contributed by atoms with Crippen LogP contribution in [-0.2, 0) is 6.54 Å². The van der Waals surface area contributed by atoms with E-state index in [1.807, 2.05) is 25.1 Å². The second-order valence-electron chi connectivity index (χ2n) is 2.26. The average Bonchev–Trinajstić information content (AvgIpc) is 2.13. The van der Waals surface area contributed by atoms with Gasteiger partial charge in [0.2, 0.25) is 0 Å². The lowest BCUT2D eigenvalue weighted by Crippen LogP contribution is -2.09. The van der Waals surface area contributed by atoms with Crippen molar-refractivity contribution < 1.29 is 5.79 Å². The second-order valence-corrected chi connectivity index (χ2v) is 2.26. The molecule has 0 aliphatic carbocycles. The Balaban J connectivity index is 2.58. The van der Waals surface area contributed by atoms with Crippen molar-refractivity contribution in [2.45, 2.75) is 6.54 Å². The molecule has 0 bridgehead atoms. The Labute approximate surface area is 56.5 Å². The van der Waals surface area contributed by atoms with E-state index in [0.717, 1.165) is 12.3 Å². The minimum Gasteiger partial charge on any atom is -0.468 e. The fourth-order valence-corrected chi connectivity index (χ4v) is 0.667. The van der Waals surface area contributed by atoms with Crippen molar-refractivity contribution in [1.29, 1.82) is 0 Å². The Hall–Kier alpha value is -0.760. The molecule has 0 atom stereocenters. The molecular weight excluding hydrogens is 114 g/mol. The molecule has 1 aromatic rings. The Bertz CT molecular complexity index is 207. The maximum atomic E-state index is 7.07. The molecule has 0 aliphatic heterocycles. The summed E-state index contributed by atoms with van der Waals surface area (Å²) in [7, 11) is 3.93. The van der Waals surface area contributed by atoms with E-state index in [0.29, 0.717) is 0 Å². The highest BCUT2D eigenvalue weighted by molar-refractivity contribution is 4.97. The molecule has 1 heterocycles. The summed E-state index contributed by atoms with van der Waals surface area (Å²) in [6, 6.07) is 3.47. The third-order valence-electron chi connectivity index (χ3n) is 0.999. The molecule has 1 rings (SSSR count). The first-order valence-electron chi connectivity index (χ1n) is 3.38. The van der Waals surface area contributed by atoms with E-state index in [2.05, 4.69) is 0 Å². The fraction of sp³-hybridized carbons (Fsp3) is 0.429. The van der Waals surface area contributed by atoms with E-state index >= 15 is 0 Å². The van der Waals surface area contributed by atoms with Crippen molar-refractivity contribution >= 4 is 0 Å². The summed E-state index contributed by atoms with van der Waals surface area (Å²) in [6.07, 6.45) is 0.233. The predicted molar refractivity (Wildman–Crippen MR) is 36.1 cm³/mol. The van der Waals surface area contributed by atoms with Crippen LogP contribution in [0.2, 0.25) is 0 Å². The highest BCUT2D eigenvalue weighted by atomic mass is 16.3. The van der Waals surface area contributed by atoms with E-state index in [9.17, 15) is 0 Å². The highest BCUT2D eigenvalue weighted by Crippen LogP contribution is 2.00. The van der Waals surface area contributed by atoms with Gasteiger partial charge in [0.05, 0.1) is 12.8 Å². The summed E-state index contributed by atoms with van der Waals surface area (Å²) >= 11 is 0. The molecular formula is C7H11NO. The molecule has 2 heteroatoms. The van der Waals surface area contributed by atoms with Crippen LogP contribution in [0, 0.1) is 0 Å². The molecule has 2 nitrogen and oxygen atoms in total. The molecule has 0 aliphatic rings. The molecule has 0 spiro atoms. The largest absolute Gasteiger partial charge is 0.468 e. The van der Waals surface area contributed by atoms with Crippen LogP contribution >= 0.6 is 0 Å². The predicted octanol–water partition coefficient (Wildman–Crippen LogP) is 1.34. The molecule has 0 saturated heterocycles. The molecule has 0 unspecified atom stereocenters. The minimum absolute atomic E-state index is 0.233. The Morgan fingerprint density at radius 2 is 2.56 bits per heavy atom. The van der Waals surface area contributed by atoms with Gasteiger partial charge >= 0.3 is 0 Å². The van der Waals surface area contributed by atoms with Gasteiger partial charge in [-0.25, -0.2) is 0 Å². The lowest BCUT2D eigenvalue weighted by molar-refractivity contribution is 0.350. The normalized spacial score (nSPS) is 12.1. The smallest absolute Gasteiger partial charge is 0.117 e. The monoisotopic (exact) mass is 126 g/mol. The van der Waals surface area contributed by atoms with E-state index in [1.54, 1.807) is 6.07 Å². The zero-order chi connectivity index (χ0) is 7.56. The molecule has 0 fully saturated rings. The van der Waals surface area contributed by atoms with E-state index in [4.69, 9.17) is 5.79 Å². The van der Waals surface area contributed by atoms with Crippen LogP contribution in [0.1, 0.15) is 7.13 Å². The third-order valence-corrected chi connectivity index (χ3v) is 0.999. The number of hydrogen-bond donors (Lipinski definition) is 0. The van der Waals surface area contributed by atoms with Crippen molar-refractivity contribution in [3.63, 3.8) is 0 Å². The van der Waals surface area contributed by atoms with Crippen molar-refractivity contribution in [2.24, 2.45) is 0 Å². The van der Waals surface area contributed by atoms with Gasteiger partial charge in [-0.1, -0.05) is 0 Å². The lowest BCUT2D eigenvalue weighted by Gasteiger charge is -2.04. The number of hydrogen-bond acceptors (Lipinski definition) is 2. The lowest BCUT2D eigenvalue weighted by atomic mass is 10.4. The SMILES string of the molecule is [2H]c1ccc(CN(C)C)o1. The van der Waals surface area contributed by atoms with Crippen LogP contribution < -0.4 is 0 Å². The van der Waals surface area contributed by atoms with Gasteiger partial charge in [-0.15, -0.1) is 0 Å². The topological polar surface area (TPSA) is 16.4 Å². The molecule has 0 aromatic carbocycles. The van der Waals surface area contributed by atoms with Crippen molar-refractivity contribution in [1.82, 2.24) is 4.90 Å². The zero-order valence-corrected chi connectivity index (χ0v) is 5.72. The molecule has 50 valence electrons. The molecule has 0 N–H and O–H groups in total. The standard InChI is InChI=1S/C7H11NO/c1-8(2)6-7-4-3-5-9-7/h3-5H,6H2,1-2H3/i5D. The first-order valence-corrected chi connectivity index (χ1v) is 2.88. The van der Waals surface area contributed by atoms with Gasteiger partial charge in [0, 0.05) is 0 Å². The average molecular weight is 126 g/mol. The van der Waals surface area contributed by atoms with Crippen LogP contribution in [0.4, 0.5) is 0 Å². The summed E-state index contributed by atoms with van der Waals surface area (Å²) in [5.74, 6) is 0.843. The second kappa shape index (κ2) is 2.69. The van der Waals surface area contributed by atoms with E-state index < -0.39 is 0 Å². The van der Waals surface area contributed by atoms with Gasteiger partial charge in [-0.2, -0.15) is 0 Å². The van der Waals surface area contributed by atoms with Crippen LogP contribution in [-0.4, -0.2) is 19.0 Å². The van der Waals surface area contributed by atoms with E-state index in [1.165, 1.54) is 0 Å². The van der Waals surface area contributed by atoms with Crippen molar-refractivity contribution in [3.05, 3.63) is 24.1 Å². The summed E-state index contributed by atoms with van der Waals surface area (Å²) in [5.41, 5.74) is 0. The Morgan fingerprint density at radius 3 is 3.00 bits per heavy atom. The molecule has 9 heavy (non-hydrogen) atoms. The number of furan rings is 1. The maximum Gasteiger partial charge on any atom is 0.117 e. The van der Waals surface area contributed by atoms with Gasteiger partial charge in [0.25, 0.3) is 0 Å². The summed E-state index contributed by atoms with van der Waals surface area (Å²) in [4.78, 5) is 2.00. The van der Waals surface area contributed by atoms with Gasteiger partial charge in [-0.3, -0.25) is 0 Å². The zero-order valence-electron chi connectivity index (χ0n) is 6.72. The van der Waals surface area contributed by atoms with E-state index in [-0.39, 0.29) is 6.24 Å². The quantitative estimate of drug-likeness (QED) is 0.594. The Kier molecular flexibility index (Phi) is 1.51. The maximum absolute atomic E-state index is 7.07. The van der Waals surface area contributed by atoms with Crippen molar-refractivity contribution in [2.75, 3.05) is 14.1 Å². The summed E-state index contributed by atoms with van der Waals surface area (Å²) in [5, 5.41) is 0. The first kappa shape index (κ1) is 5.06. The summed E-state index contributed by atoms with van der Waals surface area (Å²) < 4.78 is 12.1.